The number of ether oxygens (including phenoxy) is 3. The molecule has 0 unspecified atom stereocenters. The number of anilines is 1. The van der Waals surface area contributed by atoms with E-state index in [1.54, 1.807) is 44.6 Å². The van der Waals surface area contributed by atoms with Gasteiger partial charge in [-0.2, -0.15) is 4.31 Å². The third-order valence-corrected chi connectivity index (χ3v) is 7.50. The van der Waals surface area contributed by atoms with Gasteiger partial charge in [-0.05, 0) is 54.6 Å². The average molecular weight is 525 g/mol. The van der Waals surface area contributed by atoms with Gasteiger partial charge >= 0.3 is 6.36 Å². The fourth-order valence-electron chi connectivity index (χ4n) is 3.77. The van der Waals surface area contributed by atoms with Crippen LogP contribution >= 0.6 is 0 Å². The average Bonchev–Trinajstić information content (AvgIpc) is 2.88. The molecule has 4 rings (SSSR count). The molecule has 1 aliphatic rings. The van der Waals surface area contributed by atoms with E-state index in [9.17, 15) is 21.6 Å². The van der Waals surface area contributed by atoms with Crippen molar-refractivity contribution < 1.29 is 35.8 Å². The van der Waals surface area contributed by atoms with Crippen molar-refractivity contribution >= 4 is 15.8 Å². The Morgan fingerprint density at radius 3 is 2.06 bits per heavy atom. The van der Waals surface area contributed by atoms with Crippen molar-refractivity contribution in [3.05, 3.63) is 54.6 Å². The third kappa shape index (κ3) is 5.62. The Kier molecular flexibility index (Phi) is 7.22. The van der Waals surface area contributed by atoms with Gasteiger partial charge in [-0.15, -0.1) is 23.4 Å². The molecule has 0 spiro atoms. The second kappa shape index (κ2) is 10.2. The Bertz CT molecular complexity index is 1290. The fourth-order valence-corrected chi connectivity index (χ4v) is 5.19. The Morgan fingerprint density at radius 1 is 0.833 bits per heavy atom. The maximum absolute atomic E-state index is 12.9. The summed E-state index contributed by atoms with van der Waals surface area (Å²) in [6, 6.07) is 13.1. The van der Waals surface area contributed by atoms with Crippen LogP contribution in [0.2, 0.25) is 0 Å². The van der Waals surface area contributed by atoms with E-state index in [0.717, 1.165) is 29.8 Å². The first kappa shape index (κ1) is 25.5. The summed E-state index contributed by atoms with van der Waals surface area (Å²) in [6.07, 6.45) is -4.85. The molecule has 0 atom stereocenters. The standard InChI is InChI=1S/C23H23F3N4O5S/c1-33-17-5-9-21(34-2)19(15-17)20-8-10-22(28-27-20)29-11-13-30(14-12-29)36(31,32)18-6-3-16(4-7-18)35-23(24,25)26/h3-10,15H,11-14H2,1-2H3. The van der Waals surface area contributed by atoms with Crippen LogP contribution in [0, 0.1) is 0 Å². The summed E-state index contributed by atoms with van der Waals surface area (Å²) in [6.45, 7) is 1.09. The summed E-state index contributed by atoms with van der Waals surface area (Å²) in [5, 5.41) is 8.61. The number of sulfonamides is 1. The van der Waals surface area contributed by atoms with E-state index in [1.807, 2.05) is 4.90 Å². The van der Waals surface area contributed by atoms with Gasteiger partial charge < -0.3 is 19.1 Å². The van der Waals surface area contributed by atoms with Crippen LogP contribution in [-0.4, -0.2) is 69.7 Å². The zero-order valence-corrected chi connectivity index (χ0v) is 20.2. The highest BCUT2D eigenvalue weighted by molar-refractivity contribution is 7.89. The molecule has 0 N–H and O–H groups in total. The number of aromatic nitrogens is 2. The Labute approximate surface area is 206 Å². The van der Waals surface area contributed by atoms with Gasteiger partial charge in [0.25, 0.3) is 0 Å². The molecule has 36 heavy (non-hydrogen) atoms. The van der Waals surface area contributed by atoms with Crippen molar-refractivity contribution in [1.82, 2.24) is 14.5 Å². The SMILES string of the molecule is COc1ccc(OC)c(-c2ccc(N3CCN(S(=O)(=O)c4ccc(OC(F)(F)F)cc4)CC3)nn2)c1. The van der Waals surface area contributed by atoms with Crippen LogP contribution in [-0.2, 0) is 10.0 Å². The molecule has 1 saturated heterocycles. The molecule has 3 aromatic rings. The van der Waals surface area contributed by atoms with E-state index in [0.29, 0.717) is 36.1 Å². The number of methoxy groups -OCH3 is 2. The Balaban J connectivity index is 1.42. The molecule has 1 fully saturated rings. The lowest BCUT2D eigenvalue weighted by atomic mass is 10.1. The second-order valence-corrected chi connectivity index (χ2v) is 9.69. The molecule has 192 valence electrons. The number of rotatable bonds is 7. The number of alkyl halides is 3. The molecule has 1 aromatic heterocycles. The number of benzene rings is 2. The molecule has 0 aliphatic carbocycles. The van der Waals surface area contributed by atoms with Gasteiger partial charge in [0, 0.05) is 31.7 Å². The first-order valence-electron chi connectivity index (χ1n) is 10.8. The normalized spacial score (nSPS) is 15.0. The van der Waals surface area contributed by atoms with Gasteiger partial charge in [-0.1, -0.05) is 0 Å². The lowest BCUT2D eigenvalue weighted by Gasteiger charge is -2.34. The van der Waals surface area contributed by atoms with E-state index >= 15 is 0 Å². The molecule has 2 heterocycles. The third-order valence-electron chi connectivity index (χ3n) is 5.59. The molecule has 0 amide bonds. The highest BCUT2D eigenvalue weighted by Crippen LogP contribution is 2.32. The maximum atomic E-state index is 12.9. The van der Waals surface area contributed by atoms with Gasteiger partial charge in [0.2, 0.25) is 10.0 Å². The van der Waals surface area contributed by atoms with Crippen molar-refractivity contribution in [1.29, 1.82) is 0 Å². The molecular weight excluding hydrogens is 501 g/mol. The second-order valence-electron chi connectivity index (χ2n) is 7.75. The fraction of sp³-hybridized carbons (Fsp3) is 0.304. The summed E-state index contributed by atoms with van der Waals surface area (Å²) in [5.74, 6) is 1.37. The molecule has 0 radical (unpaired) electrons. The van der Waals surface area contributed by atoms with Crippen molar-refractivity contribution in [3.8, 4) is 28.5 Å². The van der Waals surface area contributed by atoms with E-state index in [1.165, 1.54) is 4.31 Å². The minimum absolute atomic E-state index is 0.109. The Hall–Kier alpha value is -3.58. The summed E-state index contributed by atoms with van der Waals surface area (Å²) >= 11 is 0. The molecule has 0 saturated carbocycles. The summed E-state index contributed by atoms with van der Waals surface area (Å²) in [7, 11) is -0.749. The Morgan fingerprint density at radius 2 is 1.50 bits per heavy atom. The van der Waals surface area contributed by atoms with E-state index < -0.39 is 22.1 Å². The minimum atomic E-state index is -4.85. The van der Waals surface area contributed by atoms with Crippen molar-refractivity contribution in [3.63, 3.8) is 0 Å². The minimum Gasteiger partial charge on any atom is -0.497 e. The first-order valence-corrected chi connectivity index (χ1v) is 12.2. The molecule has 1 aliphatic heterocycles. The van der Waals surface area contributed by atoms with Crippen LogP contribution in [0.5, 0.6) is 17.2 Å². The van der Waals surface area contributed by atoms with Crippen molar-refractivity contribution in [2.75, 3.05) is 45.3 Å². The van der Waals surface area contributed by atoms with Crippen LogP contribution in [0.25, 0.3) is 11.3 Å². The molecule has 13 heteroatoms. The number of nitrogens with zero attached hydrogens (tertiary/aromatic N) is 4. The quantitative estimate of drug-likeness (QED) is 0.463. The van der Waals surface area contributed by atoms with Gasteiger partial charge in [-0.25, -0.2) is 8.42 Å². The lowest BCUT2D eigenvalue weighted by molar-refractivity contribution is -0.274. The van der Waals surface area contributed by atoms with Crippen LogP contribution in [0.15, 0.2) is 59.5 Å². The van der Waals surface area contributed by atoms with Crippen LogP contribution in [0.1, 0.15) is 0 Å². The van der Waals surface area contributed by atoms with Crippen LogP contribution in [0.3, 0.4) is 0 Å². The maximum Gasteiger partial charge on any atom is 0.573 e. The first-order chi connectivity index (χ1) is 17.1. The van der Waals surface area contributed by atoms with Gasteiger partial charge in [0.1, 0.15) is 17.2 Å². The lowest BCUT2D eigenvalue weighted by Crippen LogP contribution is -2.49. The highest BCUT2D eigenvalue weighted by Gasteiger charge is 2.32. The predicted octanol–water partition coefficient (Wildman–Crippen LogP) is 3.57. The molecule has 0 bridgehead atoms. The van der Waals surface area contributed by atoms with Gasteiger partial charge in [0.05, 0.1) is 24.8 Å². The zero-order chi connectivity index (χ0) is 25.9. The topological polar surface area (TPSA) is 94.1 Å². The molecular formula is C23H23F3N4O5S. The van der Waals surface area contributed by atoms with Crippen LogP contribution < -0.4 is 19.1 Å². The molecule has 9 nitrogen and oxygen atoms in total. The van der Waals surface area contributed by atoms with Crippen LogP contribution in [0.4, 0.5) is 19.0 Å². The zero-order valence-electron chi connectivity index (χ0n) is 19.4. The largest absolute Gasteiger partial charge is 0.573 e. The summed E-state index contributed by atoms with van der Waals surface area (Å²) < 4.78 is 78.7. The van der Waals surface area contributed by atoms with E-state index in [2.05, 4.69) is 14.9 Å². The molecule has 2 aromatic carbocycles. The smallest absolute Gasteiger partial charge is 0.497 e. The highest BCUT2D eigenvalue weighted by atomic mass is 32.2. The van der Waals surface area contributed by atoms with E-state index in [4.69, 9.17) is 9.47 Å². The summed E-state index contributed by atoms with van der Waals surface area (Å²) in [4.78, 5) is 1.80. The number of hydrogen-bond acceptors (Lipinski definition) is 8. The number of halogens is 3. The number of hydrogen-bond donors (Lipinski definition) is 0. The predicted molar refractivity (Wildman–Crippen MR) is 125 cm³/mol. The van der Waals surface area contributed by atoms with E-state index in [-0.39, 0.29) is 18.0 Å². The number of piperazine rings is 1. The monoisotopic (exact) mass is 524 g/mol. The van der Waals surface area contributed by atoms with Gasteiger partial charge in [-0.3, -0.25) is 0 Å². The van der Waals surface area contributed by atoms with Crippen molar-refractivity contribution in [2.45, 2.75) is 11.3 Å². The van der Waals surface area contributed by atoms with Crippen molar-refractivity contribution in [2.24, 2.45) is 0 Å². The summed E-state index contributed by atoms with van der Waals surface area (Å²) in [5.41, 5.74) is 1.31. The van der Waals surface area contributed by atoms with Gasteiger partial charge in [0.15, 0.2) is 5.82 Å².